The summed E-state index contributed by atoms with van der Waals surface area (Å²) in [5.41, 5.74) is -0.496. The average Bonchev–Trinajstić information content (AvgIpc) is 2.67. The molecule has 0 saturated heterocycles. The summed E-state index contributed by atoms with van der Waals surface area (Å²) in [6.07, 6.45) is 4.98. The molecule has 82 valence electrons. The van der Waals surface area contributed by atoms with Crippen LogP contribution >= 0.6 is 0 Å². The molecule has 1 saturated carbocycles. The van der Waals surface area contributed by atoms with Gasteiger partial charge in [-0.25, -0.2) is 0 Å². The Kier molecular flexibility index (Phi) is 3.53. The lowest BCUT2D eigenvalue weighted by Crippen LogP contribution is -2.52. The van der Waals surface area contributed by atoms with Crippen molar-refractivity contribution in [2.45, 2.75) is 51.1 Å². The van der Waals surface area contributed by atoms with Gasteiger partial charge in [0, 0.05) is 6.04 Å². The van der Waals surface area contributed by atoms with Crippen molar-refractivity contribution in [3.63, 3.8) is 0 Å². The number of carbonyl (C=O) groups is 1. The molecule has 1 aliphatic carbocycles. The van der Waals surface area contributed by atoms with Crippen LogP contribution in [0.2, 0.25) is 0 Å². The van der Waals surface area contributed by atoms with Gasteiger partial charge in [-0.05, 0) is 33.7 Å². The molecule has 0 N–H and O–H groups in total. The molecular formula is C11H21NO2. The molecule has 0 heterocycles. The molecule has 0 aromatic heterocycles. The lowest BCUT2D eigenvalue weighted by molar-refractivity contribution is -0.153. The molecule has 0 spiro atoms. The van der Waals surface area contributed by atoms with E-state index in [0.717, 1.165) is 0 Å². The van der Waals surface area contributed by atoms with E-state index in [1.807, 2.05) is 20.9 Å². The fourth-order valence-corrected chi connectivity index (χ4v) is 2.14. The van der Waals surface area contributed by atoms with E-state index in [-0.39, 0.29) is 5.97 Å². The quantitative estimate of drug-likeness (QED) is 0.649. The minimum absolute atomic E-state index is 0.146. The summed E-state index contributed by atoms with van der Waals surface area (Å²) < 4.78 is 4.82. The minimum atomic E-state index is -0.496. The zero-order valence-corrected chi connectivity index (χ0v) is 9.67. The minimum Gasteiger partial charge on any atom is -0.468 e. The van der Waals surface area contributed by atoms with Gasteiger partial charge in [0.15, 0.2) is 0 Å². The average molecular weight is 199 g/mol. The smallest absolute Gasteiger partial charge is 0.325 e. The second-order valence-corrected chi connectivity index (χ2v) is 4.60. The lowest BCUT2D eigenvalue weighted by atomic mass is 10.0. The summed E-state index contributed by atoms with van der Waals surface area (Å²) in [5, 5.41) is 0. The van der Waals surface area contributed by atoms with Crippen LogP contribution in [-0.2, 0) is 9.53 Å². The number of rotatable bonds is 3. The summed E-state index contributed by atoms with van der Waals surface area (Å²) in [6.45, 7) is 3.86. The molecule has 0 unspecified atom stereocenters. The topological polar surface area (TPSA) is 29.5 Å². The summed E-state index contributed by atoms with van der Waals surface area (Å²) in [5.74, 6) is -0.146. The third-order valence-electron chi connectivity index (χ3n) is 3.44. The van der Waals surface area contributed by atoms with Crippen LogP contribution < -0.4 is 0 Å². The van der Waals surface area contributed by atoms with Crippen LogP contribution in [0.15, 0.2) is 0 Å². The first-order valence-corrected chi connectivity index (χ1v) is 5.31. The summed E-state index contributed by atoms with van der Waals surface area (Å²) >= 11 is 0. The summed E-state index contributed by atoms with van der Waals surface area (Å²) in [7, 11) is 3.47. The van der Waals surface area contributed by atoms with Gasteiger partial charge < -0.3 is 4.74 Å². The largest absolute Gasteiger partial charge is 0.468 e. The Morgan fingerprint density at radius 3 is 2.29 bits per heavy atom. The third-order valence-corrected chi connectivity index (χ3v) is 3.44. The van der Waals surface area contributed by atoms with Crippen molar-refractivity contribution >= 4 is 5.97 Å². The molecule has 1 aliphatic rings. The van der Waals surface area contributed by atoms with E-state index in [9.17, 15) is 4.79 Å². The molecule has 0 aliphatic heterocycles. The Morgan fingerprint density at radius 2 is 1.86 bits per heavy atom. The number of likely N-dealkylation sites (N-methyl/N-ethyl adjacent to an activating group) is 1. The number of hydrogen-bond donors (Lipinski definition) is 0. The van der Waals surface area contributed by atoms with Crippen LogP contribution in [0, 0.1) is 0 Å². The third kappa shape index (κ3) is 2.08. The molecule has 3 nitrogen and oxygen atoms in total. The number of nitrogens with zero attached hydrogens (tertiary/aromatic N) is 1. The fraction of sp³-hybridized carbons (Fsp3) is 0.909. The van der Waals surface area contributed by atoms with E-state index in [1.165, 1.54) is 32.8 Å². The SMILES string of the molecule is COC(=O)C(C)(C)N(C)C1CCCC1. The van der Waals surface area contributed by atoms with E-state index in [0.29, 0.717) is 6.04 Å². The number of methoxy groups -OCH3 is 1. The normalized spacial score (nSPS) is 18.9. The van der Waals surface area contributed by atoms with Gasteiger partial charge in [0.05, 0.1) is 7.11 Å². The standard InChI is InChI=1S/C11H21NO2/c1-11(2,10(13)14-4)12(3)9-7-5-6-8-9/h9H,5-8H2,1-4H3. The molecule has 0 radical (unpaired) electrons. The highest BCUT2D eigenvalue weighted by Crippen LogP contribution is 2.28. The number of hydrogen-bond acceptors (Lipinski definition) is 3. The van der Waals surface area contributed by atoms with E-state index in [2.05, 4.69) is 4.90 Å². The Hall–Kier alpha value is -0.570. The molecule has 0 amide bonds. The van der Waals surface area contributed by atoms with Crippen molar-refractivity contribution < 1.29 is 9.53 Å². The Balaban J connectivity index is 2.65. The van der Waals surface area contributed by atoms with Gasteiger partial charge in [-0.1, -0.05) is 12.8 Å². The maximum atomic E-state index is 11.6. The van der Waals surface area contributed by atoms with Gasteiger partial charge in [-0.2, -0.15) is 0 Å². The maximum absolute atomic E-state index is 11.6. The monoisotopic (exact) mass is 199 g/mol. The molecule has 0 aromatic carbocycles. The van der Waals surface area contributed by atoms with Crippen LogP contribution in [0.25, 0.3) is 0 Å². The van der Waals surface area contributed by atoms with Crippen molar-refractivity contribution in [3.8, 4) is 0 Å². The zero-order valence-electron chi connectivity index (χ0n) is 9.67. The predicted octanol–water partition coefficient (Wildman–Crippen LogP) is 1.81. The molecule has 0 bridgehead atoms. The van der Waals surface area contributed by atoms with Gasteiger partial charge >= 0.3 is 5.97 Å². The molecule has 0 atom stereocenters. The number of esters is 1. The Morgan fingerprint density at radius 1 is 1.36 bits per heavy atom. The van der Waals surface area contributed by atoms with Gasteiger partial charge in [-0.3, -0.25) is 9.69 Å². The van der Waals surface area contributed by atoms with Gasteiger partial charge in [0.25, 0.3) is 0 Å². The Labute approximate surface area is 86.4 Å². The van der Waals surface area contributed by atoms with Crippen LogP contribution in [0.5, 0.6) is 0 Å². The molecule has 0 aromatic rings. The second-order valence-electron chi connectivity index (χ2n) is 4.60. The highest BCUT2D eigenvalue weighted by Gasteiger charge is 2.37. The highest BCUT2D eigenvalue weighted by molar-refractivity contribution is 5.79. The molecular weight excluding hydrogens is 178 g/mol. The predicted molar refractivity (Wildman–Crippen MR) is 56.1 cm³/mol. The van der Waals surface area contributed by atoms with Crippen LogP contribution in [0.4, 0.5) is 0 Å². The zero-order chi connectivity index (χ0) is 10.8. The van der Waals surface area contributed by atoms with Gasteiger partial charge in [0.2, 0.25) is 0 Å². The first kappa shape index (κ1) is 11.5. The van der Waals surface area contributed by atoms with E-state index >= 15 is 0 Å². The lowest BCUT2D eigenvalue weighted by Gasteiger charge is -2.37. The van der Waals surface area contributed by atoms with Crippen LogP contribution in [-0.4, -0.2) is 36.6 Å². The molecule has 1 fully saturated rings. The van der Waals surface area contributed by atoms with Crippen molar-refractivity contribution in [2.75, 3.05) is 14.2 Å². The summed E-state index contributed by atoms with van der Waals surface area (Å²) in [6, 6.07) is 0.545. The van der Waals surface area contributed by atoms with Crippen molar-refractivity contribution in [3.05, 3.63) is 0 Å². The van der Waals surface area contributed by atoms with Crippen molar-refractivity contribution in [1.82, 2.24) is 4.90 Å². The first-order valence-electron chi connectivity index (χ1n) is 5.31. The van der Waals surface area contributed by atoms with E-state index in [1.54, 1.807) is 0 Å². The van der Waals surface area contributed by atoms with Crippen LogP contribution in [0.3, 0.4) is 0 Å². The van der Waals surface area contributed by atoms with E-state index in [4.69, 9.17) is 4.74 Å². The molecule has 14 heavy (non-hydrogen) atoms. The van der Waals surface area contributed by atoms with Crippen LogP contribution in [0.1, 0.15) is 39.5 Å². The van der Waals surface area contributed by atoms with Crippen molar-refractivity contribution in [2.24, 2.45) is 0 Å². The number of ether oxygens (including phenoxy) is 1. The molecule has 3 heteroatoms. The summed E-state index contributed by atoms with van der Waals surface area (Å²) in [4.78, 5) is 13.7. The maximum Gasteiger partial charge on any atom is 0.325 e. The second kappa shape index (κ2) is 4.30. The highest BCUT2D eigenvalue weighted by atomic mass is 16.5. The number of carbonyl (C=O) groups excluding carboxylic acids is 1. The van der Waals surface area contributed by atoms with Gasteiger partial charge in [0.1, 0.15) is 5.54 Å². The molecule has 1 rings (SSSR count). The fourth-order valence-electron chi connectivity index (χ4n) is 2.14. The Bertz CT molecular complexity index is 207. The first-order chi connectivity index (χ1) is 6.50. The van der Waals surface area contributed by atoms with E-state index < -0.39 is 5.54 Å². The van der Waals surface area contributed by atoms with Gasteiger partial charge in [-0.15, -0.1) is 0 Å². The van der Waals surface area contributed by atoms with Crippen molar-refractivity contribution in [1.29, 1.82) is 0 Å².